The van der Waals surface area contributed by atoms with Gasteiger partial charge in [-0.25, -0.2) is 8.42 Å². The van der Waals surface area contributed by atoms with Crippen molar-refractivity contribution in [3.63, 3.8) is 0 Å². The van der Waals surface area contributed by atoms with Crippen LogP contribution in [0.4, 0.5) is 18.9 Å². The van der Waals surface area contributed by atoms with Crippen LogP contribution in [0.3, 0.4) is 0 Å². The number of hydrogen-bond acceptors (Lipinski definition) is 3. The second kappa shape index (κ2) is 6.70. The lowest BCUT2D eigenvalue weighted by atomic mass is 10.2. The van der Waals surface area contributed by atoms with Crippen LogP contribution in [-0.4, -0.2) is 25.3 Å². The highest BCUT2D eigenvalue weighted by Crippen LogP contribution is 2.33. The predicted molar refractivity (Wildman–Crippen MR) is 78.5 cm³/mol. The quantitative estimate of drug-likeness (QED) is 0.824. The Hall–Kier alpha value is -1.54. The largest absolute Gasteiger partial charge is 0.416 e. The van der Waals surface area contributed by atoms with Crippen LogP contribution in [0.1, 0.15) is 12.5 Å². The zero-order valence-corrected chi connectivity index (χ0v) is 13.0. The highest BCUT2D eigenvalue weighted by molar-refractivity contribution is 7.92. The summed E-state index contributed by atoms with van der Waals surface area (Å²) in [5.41, 5.74) is -1.31. The first-order valence-electron chi connectivity index (χ1n) is 5.99. The van der Waals surface area contributed by atoms with Crippen LogP contribution in [0.5, 0.6) is 0 Å². The number of anilines is 1. The van der Waals surface area contributed by atoms with Gasteiger partial charge in [0.25, 0.3) is 0 Å². The third-order valence-electron chi connectivity index (χ3n) is 2.81. The SMILES string of the molecule is C=CCS(=O)(=O)C(C)C(=O)Nc1cc(C(F)(F)F)ccc1Cl. The second-order valence-corrected chi connectivity index (χ2v) is 7.22. The number of sulfone groups is 1. The summed E-state index contributed by atoms with van der Waals surface area (Å²) in [6.07, 6.45) is -3.49. The Bertz CT molecular complexity index is 686. The van der Waals surface area contributed by atoms with E-state index in [1.807, 2.05) is 0 Å². The first-order valence-corrected chi connectivity index (χ1v) is 8.08. The molecule has 0 fully saturated rings. The van der Waals surface area contributed by atoms with E-state index < -0.39 is 38.5 Å². The van der Waals surface area contributed by atoms with Crippen molar-refractivity contribution in [3.05, 3.63) is 41.4 Å². The number of benzene rings is 1. The molecule has 0 aliphatic carbocycles. The van der Waals surface area contributed by atoms with Gasteiger partial charge in [0.2, 0.25) is 5.91 Å². The van der Waals surface area contributed by atoms with Gasteiger partial charge in [-0.1, -0.05) is 17.7 Å². The Morgan fingerprint density at radius 1 is 1.45 bits per heavy atom. The molecule has 1 rings (SSSR count). The molecule has 1 atom stereocenters. The smallest absolute Gasteiger partial charge is 0.324 e. The van der Waals surface area contributed by atoms with Crippen molar-refractivity contribution in [2.75, 3.05) is 11.1 Å². The van der Waals surface area contributed by atoms with Crippen LogP contribution in [0.2, 0.25) is 5.02 Å². The summed E-state index contributed by atoms with van der Waals surface area (Å²) in [5.74, 6) is -1.39. The van der Waals surface area contributed by atoms with Gasteiger partial charge >= 0.3 is 6.18 Å². The fraction of sp³-hybridized carbons (Fsp3) is 0.308. The van der Waals surface area contributed by atoms with E-state index in [0.29, 0.717) is 6.07 Å². The average Bonchev–Trinajstić information content (AvgIpc) is 2.38. The van der Waals surface area contributed by atoms with E-state index in [4.69, 9.17) is 11.6 Å². The Balaban J connectivity index is 3.05. The monoisotopic (exact) mass is 355 g/mol. The Morgan fingerprint density at radius 3 is 2.55 bits per heavy atom. The van der Waals surface area contributed by atoms with Crippen molar-refractivity contribution < 1.29 is 26.4 Å². The molecule has 0 aromatic heterocycles. The highest BCUT2D eigenvalue weighted by Gasteiger charge is 2.32. The number of carbonyl (C=O) groups is 1. The number of rotatable bonds is 5. The van der Waals surface area contributed by atoms with Gasteiger partial charge in [-0.15, -0.1) is 6.58 Å². The fourth-order valence-corrected chi connectivity index (χ4v) is 2.67. The van der Waals surface area contributed by atoms with Crippen molar-refractivity contribution in [1.82, 2.24) is 0 Å². The van der Waals surface area contributed by atoms with E-state index >= 15 is 0 Å². The molecule has 0 aliphatic rings. The maximum atomic E-state index is 12.6. The Labute approximate surface area is 130 Å². The molecule has 0 heterocycles. The molecular formula is C13H13ClF3NO3S. The van der Waals surface area contributed by atoms with Crippen molar-refractivity contribution in [3.8, 4) is 0 Å². The molecule has 122 valence electrons. The summed E-state index contributed by atoms with van der Waals surface area (Å²) in [7, 11) is -3.78. The summed E-state index contributed by atoms with van der Waals surface area (Å²) in [6.45, 7) is 4.40. The maximum Gasteiger partial charge on any atom is 0.416 e. The normalized spacial score (nSPS) is 13.5. The van der Waals surface area contributed by atoms with Gasteiger partial charge in [0.05, 0.1) is 22.0 Å². The molecule has 1 N–H and O–H groups in total. The van der Waals surface area contributed by atoms with Gasteiger partial charge in [0.1, 0.15) is 5.25 Å². The van der Waals surface area contributed by atoms with Crippen molar-refractivity contribution in [1.29, 1.82) is 0 Å². The van der Waals surface area contributed by atoms with Gasteiger partial charge in [-0.05, 0) is 25.1 Å². The van der Waals surface area contributed by atoms with E-state index in [-0.39, 0.29) is 10.7 Å². The number of carbonyl (C=O) groups excluding carboxylic acids is 1. The standard InChI is InChI=1S/C13H13ClF3NO3S/c1-3-6-22(20,21)8(2)12(19)18-11-7-9(13(15,16)17)4-5-10(11)14/h3-5,7-8H,1,6H2,2H3,(H,18,19). The minimum atomic E-state index is -4.61. The van der Waals surface area contributed by atoms with Crippen molar-refractivity contribution >= 4 is 33.0 Å². The summed E-state index contributed by atoms with van der Waals surface area (Å²) >= 11 is 5.72. The third-order valence-corrected chi connectivity index (χ3v) is 5.13. The zero-order chi connectivity index (χ0) is 17.1. The molecule has 9 heteroatoms. The van der Waals surface area contributed by atoms with Gasteiger partial charge in [0.15, 0.2) is 9.84 Å². The topological polar surface area (TPSA) is 63.2 Å². The molecule has 22 heavy (non-hydrogen) atoms. The van der Waals surface area contributed by atoms with Crippen LogP contribution >= 0.6 is 11.6 Å². The molecule has 1 aromatic rings. The summed E-state index contributed by atoms with van der Waals surface area (Å²) in [5, 5.41) is 0.525. The average molecular weight is 356 g/mol. The number of nitrogens with one attached hydrogen (secondary N) is 1. The molecule has 1 aromatic carbocycles. The maximum absolute atomic E-state index is 12.6. The third kappa shape index (κ3) is 4.48. The molecule has 4 nitrogen and oxygen atoms in total. The first kappa shape index (κ1) is 18.5. The molecule has 1 amide bonds. The molecule has 0 saturated carbocycles. The lowest BCUT2D eigenvalue weighted by molar-refractivity contribution is -0.137. The van der Waals surface area contributed by atoms with E-state index in [0.717, 1.165) is 25.1 Å². The van der Waals surface area contributed by atoms with E-state index in [2.05, 4.69) is 11.9 Å². The van der Waals surface area contributed by atoms with Crippen molar-refractivity contribution in [2.24, 2.45) is 0 Å². The van der Waals surface area contributed by atoms with Gasteiger partial charge in [-0.2, -0.15) is 13.2 Å². The molecule has 0 radical (unpaired) electrons. The van der Waals surface area contributed by atoms with Crippen LogP contribution < -0.4 is 5.32 Å². The van der Waals surface area contributed by atoms with Crippen molar-refractivity contribution in [2.45, 2.75) is 18.3 Å². The molecule has 1 unspecified atom stereocenters. The molecular weight excluding hydrogens is 343 g/mol. The van der Waals surface area contributed by atoms with Gasteiger partial charge in [0, 0.05) is 0 Å². The van der Waals surface area contributed by atoms with E-state index in [1.165, 1.54) is 0 Å². The van der Waals surface area contributed by atoms with E-state index in [1.54, 1.807) is 0 Å². The van der Waals surface area contributed by atoms with E-state index in [9.17, 15) is 26.4 Å². The summed E-state index contributed by atoms with van der Waals surface area (Å²) < 4.78 is 61.3. The van der Waals surface area contributed by atoms with Crippen LogP contribution in [0.15, 0.2) is 30.9 Å². The molecule has 0 saturated heterocycles. The predicted octanol–water partition coefficient (Wildman–Crippen LogP) is 3.29. The van der Waals surface area contributed by atoms with Crippen LogP contribution in [0, 0.1) is 0 Å². The number of hydrogen-bond donors (Lipinski definition) is 1. The minimum absolute atomic E-state index is 0.130. The highest BCUT2D eigenvalue weighted by atomic mass is 35.5. The van der Waals surface area contributed by atoms with Crippen LogP contribution in [0.25, 0.3) is 0 Å². The summed E-state index contributed by atoms with van der Waals surface area (Å²) in [4.78, 5) is 11.9. The second-order valence-electron chi connectivity index (χ2n) is 4.44. The molecule has 0 spiro atoms. The first-order chi connectivity index (χ1) is 9.99. The number of amides is 1. The minimum Gasteiger partial charge on any atom is -0.324 e. The zero-order valence-electron chi connectivity index (χ0n) is 11.4. The fourth-order valence-electron chi connectivity index (χ4n) is 1.50. The lowest BCUT2D eigenvalue weighted by Crippen LogP contribution is -2.33. The lowest BCUT2D eigenvalue weighted by Gasteiger charge is -2.15. The number of halogens is 4. The Kier molecular flexibility index (Phi) is 5.64. The number of alkyl halides is 3. The summed E-state index contributed by atoms with van der Waals surface area (Å²) in [6, 6.07) is 2.38. The molecule has 0 bridgehead atoms. The van der Waals surface area contributed by atoms with Gasteiger partial charge in [-0.3, -0.25) is 4.79 Å². The van der Waals surface area contributed by atoms with Crippen LogP contribution in [-0.2, 0) is 20.8 Å². The van der Waals surface area contributed by atoms with Gasteiger partial charge < -0.3 is 5.32 Å². The Morgan fingerprint density at radius 2 is 2.05 bits per heavy atom. The molecule has 0 aliphatic heterocycles.